The SMILES string of the molecule is CC.CC(C)N(C)CN(C)CCN(C)C. The van der Waals surface area contributed by atoms with Crippen molar-refractivity contribution in [3.8, 4) is 0 Å². The Morgan fingerprint density at radius 2 is 1.33 bits per heavy atom. The van der Waals surface area contributed by atoms with Crippen molar-refractivity contribution in [2.75, 3.05) is 47.9 Å². The third-order valence-corrected chi connectivity index (χ3v) is 2.27. The van der Waals surface area contributed by atoms with Crippen LogP contribution in [0.15, 0.2) is 0 Å². The number of hydrogen-bond acceptors (Lipinski definition) is 3. The Kier molecular flexibility index (Phi) is 12.0. The van der Waals surface area contributed by atoms with Crippen molar-refractivity contribution in [2.24, 2.45) is 0 Å². The smallest absolute Gasteiger partial charge is 0.0503 e. The first-order valence-electron chi connectivity index (χ1n) is 5.97. The van der Waals surface area contributed by atoms with Gasteiger partial charge >= 0.3 is 0 Å². The number of nitrogens with zero attached hydrogens (tertiary/aromatic N) is 3. The normalized spacial score (nSPS) is 11.2. The molecule has 0 aromatic heterocycles. The van der Waals surface area contributed by atoms with Gasteiger partial charge in [0.05, 0.1) is 6.67 Å². The molecule has 15 heavy (non-hydrogen) atoms. The molecule has 0 aliphatic carbocycles. The molecule has 0 aliphatic rings. The molecule has 0 amide bonds. The number of likely N-dealkylation sites (N-methyl/N-ethyl adjacent to an activating group) is 2. The van der Waals surface area contributed by atoms with E-state index in [1.54, 1.807) is 0 Å². The molecule has 0 bridgehead atoms. The summed E-state index contributed by atoms with van der Waals surface area (Å²) in [6.07, 6.45) is 0. The van der Waals surface area contributed by atoms with Gasteiger partial charge in [-0.3, -0.25) is 9.80 Å². The molecule has 0 radical (unpaired) electrons. The van der Waals surface area contributed by atoms with Crippen LogP contribution in [0.1, 0.15) is 27.7 Å². The van der Waals surface area contributed by atoms with Crippen LogP contribution in [0.4, 0.5) is 0 Å². The molecule has 0 unspecified atom stereocenters. The quantitative estimate of drug-likeness (QED) is 0.628. The van der Waals surface area contributed by atoms with Crippen LogP contribution in [0, 0.1) is 0 Å². The summed E-state index contributed by atoms with van der Waals surface area (Å²) in [6.45, 7) is 11.7. The van der Waals surface area contributed by atoms with Gasteiger partial charge in [-0.1, -0.05) is 13.8 Å². The molecule has 0 saturated heterocycles. The van der Waals surface area contributed by atoms with E-state index in [0.717, 1.165) is 19.8 Å². The van der Waals surface area contributed by atoms with Gasteiger partial charge in [-0.15, -0.1) is 0 Å². The second-order valence-electron chi connectivity index (χ2n) is 4.38. The molecule has 0 aromatic rings. The minimum atomic E-state index is 0.627. The van der Waals surface area contributed by atoms with Crippen LogP contribution in [-0.2, 0) is 0 Å². The van der Waals surface area contributed by atoms with E-state index < -0.39 is 0 Å². The Morgan fingerprint density at radius 3 is 1.67 bits per heavy atom. The Bertz CT molecular complexity index is 124. The van der Waals surface area contributed by atoms with Crippen molar-refractivity contribution in [1.29, 1.82) is 0 Å². The van der Waals surface area contributed by atoms with Gasteiger partial charge in [0.15, 0.2) is 0 Å². The van der Waals surface area contributed by atoms with Crippen LogP contribution >= 0.6 is 0 Å². The standard InChI is InChI=1S/C10H25N3.C2H6/c1-10(2)13(6)9-12(5)8-7-11(3)4;1-2/h10H,7-9H2,1-6H3;1-2H3. The Hall–Kier alpha value is -0.120. The van der Waals surface area contributed by atoms with Crippen molar-refractivity contribution in [3.05, 3.63) is 0 Å². The molecular weight excluding hydrogens is 186 g/mol. The summed E-state index contributed by atoms with van der Waals surface area (Å²) in [4.78, 5) is 6.90. The highest BCUT2D eigenvalue weighted by Crippen LogP contribution is 1.95. The van der Waals surface area contributed by atoms with Crippen LogP contribution in [-0.4, -0.2) is 68.7 Å². The average molecular weight is 217 g/mol. The van der Waals surface area contributed by atoms with E-state index in [4.69, 9.17) is 0 Å². The molecule has 0 saturated carbocycles. The molecule has 3 heteroatoms. The molecule has 0 aliphatic heterocycles. The van der Waals surface area contributed by atoms with E-state index in [2.05, 4.69) is 56.7 Å². The highest BCUT2D eigenvalue weighted by Gasteiger charge is 2.06. The van der Waals surface area contributed by atoms with E-state index >= 15 is 0 Å². The van der Waals surface area contributed by atoms with Crippen molar-refractivity contribution in [3.63, 3.8) is 0 Å². The van der Waals surface area contributed by atoms with Crippen molar-refractivity contribution < 1.29 is 0 Å². The van der Waals surface area contributed by atoms with Gasteiger partial charge in [0.2, 0.25) is 0 Å². The third-order valence-electron chi connectivity index (χ3n) is 2.27. The van der Waals surface area contributed by atoms with Gasteiger partial charge in [0, 0.05) is 19.1 Å². The monoisotopic (exact) mass is 217 g/mol. The fraction of sp³-hybridized carbons (Fsp3) is 1.00. The first-order chi connectivity index (χ1) is 6.93. The first-order valence-corrected chi connectivity index (χ1v) is 5.97. The van der Waals surface area contributed by atoms with Crippen LogP contribution in [0.3, 0.4) is 0 Å². The van der Waals surface area contributed by atoms with Crippen molar-refractivity contribution in [1.82, 2.24) is 14.7 Å². The molecule has 0 aromatic carbocycles. The topological polar surface area (TPSA) is 9.72 Å². The molecule has 94 valence electrons. The molecule has 3 nitrogen and oxygen atoms in total. The lowest BCUT2D eigenvalue weighted by Gasteiger charge is -2.28. The van der Waals surface area contributed by atoms with E-state index in [1.165, 1.54) is 0 Å². The van der Waals surface area contributed by atoms with Crippen molar-refractivity contribution >= 4 is 0 Å². The molecule has 0 heterocycles. The summed E-state index contributed by atoms with van der Waals surface area (Å²) >= 11 is 0. The predicted octanol–water partition coefficient (Wildman–Crippen LogP) is 1.80. The molecule has 0 fully saturated rings. The fourth-order valence-electron chi connectivity index (χ4n) is 0.986. The highest BCUT2D eigenvalue weighted by molar-refractivity contribution is 4.58. The van der Waals surface area contributed by atoms with E-state index in [9.17, 15) is 0 Å². The van der Waals surface area contributed by atoms with Gasteiger partial charge in [-0.05, 0) is 42.0 Å². The maximum absolute atomic E-state index is 2.35. The molecule has 0 spiro atoms. The van der Waals surface area contributed by atoms with Gasteiger partial charge < -0.3 is 4.90 Å². The lowest BCUT2D eigenvalue weighted by atomic mass is 10.3. The highest BCUT2D eigenvalue weighted by atomic mass is 15.3. The Morgan fingerprint density at radius 1 is 0.867 bits per heavy atom. The third kappa shape index (κ3) is 11.8. The average Bonchev–Trinajstić information content (AvgIpc) is 2.17. The number of hydrogen-bond donors (Lipinski definition) is 0. The summed E-state index contributed by atoms with van der Waals surface area (Å²) in [7, 11) is 8.55. The summed E-state index contributed by atoms with van der Waals surface area (Å²) < 4.78 is 0. The zero-order valence-electron chi connectivity index (χ0n) is 12.0. The van der Waals surface area contributed by atoms with Crippen molar-refractivity contribution in [2.45, 2.75) is 33.7 Å². The van der Waals surface area contributed by atoms with Crippen LogP contribution < -0.4 is 0 Å². The van der Waals surface area contributed by atoms with E-state index in [-0.39, 0.29) is 0 Å². The largest absolute Gasteiger partial charge is 0.308 e. The molecule has 0 atom stereocenters. The minimum absolute atomic E-state index is 0.627. The molecular formula is C12H31N3. The lowest BCUT2D eigenvalue weighted by molar-refractivity contribution is 0.145. The second-order valence-corrected chi connectivity index (χ2v) is 4.38. The van der Waals surface area contributed by atoms with E-state index in [0.29, 0.717) is 6.04 Å². The van der Waals surface area contributed by atoms with Crippen LogP contribution in [0.2, 0.25) is 0 Å². The fourth-order valence-corrected chi connectivity index (χ4v) is 0.986. The van der Waals surface area contributed by atoms with Gasteiger partial charge in [-0.25, -0.2) is 0 Å². The Labute approximate surface area is 97.0 Å². The predicted molar refractivity (Wildman–Crippen MR) is 70.3 cm³/mol. The second kappa shape index (κ2) is 10.4. The zero-order chi connectivity index (χ0) is 12.4. The Balaban J connectivity index is 0. The number of rotatable bonds is 6. The van der Waals surface area contributed by atoms with Gasteiger partial charge in [0.25, 0.3) is 0 Å². The lowest BCUT2D eigenvalue weighted by Crippen LogP contribution is -2.39. The van der Waals surface area contributed by atoms with Crippen LogP contribution in [0.25, 0.3) is 0 Å². The summed E-state index contributed by atoms with van der Waals surface area (Å²) in [5.74, 6) is 0. The van der Waals surface area contributed by atoms with Gasteiger partial charge in [0.1, 0.15) is 0 Å². The summed E-state index contributed by atoms with van der Waals surface area (Å²) in [5, 5.41) is 0. The summed E-state index contributed by atoms with van der Waals surface area (Å²) in [6, 6.07) is 0.627. The maximum atomic E-state index is 2.35. The van der Waals surface area contributed by atoms with Gasteiger partial charge in [-0.2, -0.15) is 0 Å². The summed E-state index contributed by atoms with van der Waals surface area (Å²) in [5.41, 5.74) is 0. The first kappa shape index (κ1) is 17.3. The molecule has 0 N–H and O–H groups in total. The van der Waals surface area contributed by atoms with Crippen LogP contribution in [0.5, 0.6) is 0 Å². The minimum Gasteiger partial charge on any atom is -0.308 e. The van der Waals surface area contributed by atoms with E-state index in [1.807, 2.05) is 13.8 Å². The maximum Gasteiger partial charge on any atom is 0.0503 e. The zero-order valence-corrected chi connectivity index (χ0v) is 12.0. The molecule has 0 rings (SSSR count).